The minimum atomic E-state index is -1.95. The van der Waals surface area contributed by atoms with Crippen LogP contribution in [0.4, 0.5) is 0 Å². The highest BCUT2D eigenvalue weighted by molar-refractivity contribution is 6.74. The first-order valence-electron chi connectivity index (χ1n) is 11.3. The van der Waals surface area contributed by atoms with Gasteiger partial charge in [0.1, 0.15) is 0 Å². The van der Waals surface area contributed by atoms with E-state index in [2.05, 4.69) is 77.2 Å². The highest BCUT2D eigenvalue weighted by Crippen LogP contribution is 2.41. The first kappa shape index (κ1) is 28.1. The summed E-state index contributed by atoms with van der Waals surface area (Å²) in [6, 6.07) is 10.4. The van der Waals surface area contributed by atoms with E-state index in [0.717, 1.165) is 5.57 Å². The molecule has 0 saturated carbocycles. The van der Waals surface area contributed by atoms with Crippen molar-refractivity contribution < 1.29 is 19.1 Å². The number of rotatable bonds is 11. The maximum absolute atomic E-state index is 11.0. The number of carboxylic acids is 1. The van der Waals surface area contributed by atoms with Crippen molar-refractivity contribution in [3.05, 3.63) is 71.3 Å². The monoisotopic (exact) mass is 458 g/mol. The minimum absolute atomic E-state index is 0.0126. The maximum Gasteiger partial charge on any atom is 0.330 e. The van der Waals surface area contributed by atoms with Crippen LogP contribution in [0.3, 0.4) is 0 Å². The lowest BCUT2D eigenvalue weighted by Gasteiger charge is -2.40. The molecule has 0 fully saturated rings. The molecule has 0 aliphatic heterocycles. The zero-order chi connectivity index (χ0) is 24.5. The number of hydrogen-bond donors (Lipinski definition) is 1. The van der Waals surface area contributed by atoms with Crippen LogP contribution in [0, 0.1) is 5.92 Å². The summed E-state index contributed by atoms with van der Waals surface area (Å²) in [6.45, 7) is 17.2. The van der Waals surface area contributed by atoms with Crippen molar-refractivity contribution in [3.8, 4) is 0 Å². The number of hydrogen-bond acceptors (Lipinski definition) is 3. The first-order valence-corrected chi connectivity index (χ1v) is 14.2. The molecule has 178 valence electrons. The fraction of sp³-hybridized carbons (Fsp3) is 0.519. The highest BCUT2D eigenvalue weighted by atomic mass is 28.4. The van der Waals surface area contributed by atoms with E-state index in [0.29, 0.717) is 12.0 Å². The molecule has 4 nitrogen and oxygen atoms in total. The van der Waals surface area contributed by atoms with Gasteiger partial charge in [-0.1, -0.05) is 82.3 Å². The van der Waals surface area contributed by atoms with Gasteiger partial charge in [-0.25, -0.2) is 4.79 Å². The Hall–Kier alpha value is -1.95. The van der Waals surface area contributed by atoms with E-state index in [-0.39, 0.29) is 23.2 Å². The standard InChI is InChI=1S/C27H42O4Si/c1-20(24(30-7)19-18-22(3)26(28)29)14-13-15-21(2)25(23-16-11-10-12-17-23)31-32(8,9)27(4,5)6/h10-18,21,24-25H,19H2,1-9H3,(H,28,29)/b15-13+,20-14+,22-18+/t21-,24-,25+/m1/s1. The summed E-state index contributed by atoms with van der Waals surface area (Å²) in [5, 5.41) is 9.17. The van der Waals surface area contributed by atoms with E-state index in [4.69, 9.17) is 14.3 Å². The average molecular weight is 459 g/mol. The van der Waals surface area contributed by atoms with Gasteiger partial charge in [0.2, 0.25) is 0 Å². The predicted octanol–water partition coefficient (Wildman–Crippen LogP) is 7.32. The fourth-order valence-electron chi connectivity index (χ4n) is 3.05. The smallest absolute Gasteiger partial charge is 0.330 e. The minimum Gasteiger partial charge on any atom is -0.478 e. The van der Waals surface area contributed by atoms with Gasteiger partial charge in [-0.2, -0.15) is 0 Å². The zero-order valence-corrected chi connectivity index (χ0v) is 22.3. The number of aliphatic carboxylic acids is 1. The molecular formula is C27H42O4Si. The zero-order valence-electron chi connectivity index (χ0n) is 21.3. The quantitative estimate of drug-likeness (QED) is 0.214. The number of allylic oxidation sites excluding steroid dienone is 2. The van der Waals surface area contributed by atoms with Crippen molar-refractivity contribution in [1.82, 2.24) is 0 Å². The first-order chi connectivity index (χ1) is 14.8. The van der Waals surface area contributed by atoms with Crippen LogP contribution >= 0.6 is 0 Å². The molecule has 0 radical (unpaired) electrons. The number of carboxylic acid groups (broad SMARTS) is 1. The molecule has 1 aromatic rings. The molecule has 3 atom stereocenters. The number of ether oxygens (including phenoxy) is 1. The van der Waals surface area contributed by atoms with Gasteiger partial charge in [-0.15, -0.1) is 0 Å². The largest absolute Gasteiger partial charge is 0.478 e. The summed E-state index contributed by atoms with van der Waals surface area (Å²) in [5.74, 6) is -0.713. The van der Waals surface area contributed by atoms with Crippen molar-refractivity contribution in [2.24, 2.45) is 5.92 Å². The molecular weight excluding hydrogens is 416 g/mol. The molecule has 1 rings (SSSR count). The lowest BCUT2D eigenvalue weighted by Crippen LogP contribution is -2.42. The Morgan fingerprint density at radius 1 is 1.16 bits per heavy atom. The van der Waals surface area contributed by atoms with Gasteiger partial charge < -0.3 is 14.3 Å². The van der Waals surface area contributed by atoms with Crippen molar-refractivity contribution in [1.29, 1.82) is 0 Å². The Labute approximate surface area is 196 Å². The molecule has 5 heteroatoms. The SMILES string of the molecule is CO[C@H](C/C=C(\C)C(=O)O)/C(C)=C/C=C/[C@@H](C)[C@H](O[Si](C)(C)C(C)(C)C)c1ccccc1. The summed E-state index contributed by atoms with van der Waals surface area (Å²) in [4.78, 5) is 11.0. The van der Waals surface area contributed by atoms with E-state index in [1.807, 2.05) is 19.1 Å². The Kier molecular flexibility index (Phi) is 10.8. The fourth-order valence-corrected chi connectivity index (χ4v) is 4.38. The van der Waals surface area contributed by atoms with Crippen LogP contribution < -0.4 is 0 Å². The van der Waals surface area contributed by atoms with Gasteiger partial charge in [0.25, 0.3) is 0 Å². The topological polar surface area (TPSA) is 55.8 Å². The van der Waals surface area contributed by atoms with E-state index >= 15 is 0 Å². The number of methoxy groups -OCH3 is 1. The van der Waals surface area contributed by atoms with Gasteiger partial charge in [0, 0.05) is 18.6 Å². The van der Waals surface area contributed by atoms with Crippen LogP contribution in [0.2, 0.25) is 18.1 Å². The molecule has 0 saturated heterocycles. The number of benzene rings is 1. The van der Waals surface area contributed by atoms with E-state index in [1.54, 1.807) is 20.1 Å². The molecule has 1 aromatic carbocycles. The Balaban J connectivity index is 3.04. The Morgan fingerprint density at radius 3 is 2.25 bits per heavy atom. The number of carbonyl (C=O) groups is 1. The van der Waals surface area contributed by atoms with Crippen LogP contribution in [0.15, 0.2) is 65.8 Å². The Bertz CT molecular complexity index is 816. The summed E-state index contributed by atoms with van der Waals surface area (Å²) in [7, 11) is -0.303. The van der Waals surface area contributed by atoms with Crippen LogP contribution in [0.5, 0.6) is 0 Å². The molecule has 32 heavy (non-hydrogen) atoms. The van der Waals surface area contributed by atoms with Crippen molar-refractivity contribution >= 4 is 14.3 Å². The molecule has 0 spiro atoms. The highest BCUT2D eigenvalue weighted by Gasteiger charge is 2.40. The van der Waals surface area contributed by atoms with Crippen molar-refractivity contribution in [2.45, 2.75) is 78.3 Å². The van der Waals surface area contributed by atoms with E-state index in [1.165, 1.54) is 5.56 Å². The molecule has 0 aromatic heterocycles. The van der Waals surface area contributed by atoms with E-state index in [9.17, 15) is 4.79 Å². The van der Waals surface area contributed by atoms with Crippen molar-refractivity contribution in [2.75, 3.05) is 7.11 Å². The van der Waals surface area contributed by atoms with Gasteiger partial charge >= 0.3 is 5.97 Å². The van der Waals surface area contributed by atoms with Crippen LogP contribution in [-0.2, 0) is 14.0 Å². The summed E-state index contributed by atoms with van der Waals surface area (Å²) < 4.78 is 12.4. The predicted molar refractivity (Wildman–Crippen MR) is 136 cm³/mol. The summed E-state index contributed by atoms with van der Waals surface area (Å²) in [5.41, 5.74) is 2.57. The molecule has 0 heterocycles. The maximum atomic E-state index is 11.0. The second-order valence-electron chi connectivity index (χ2n) is 10.0. The van der Waals surface area contributed by atoms with Gasteiger partial charge in [-0.05, 0) is 49.5 Å². The normalized spacial score (nSPS) is 16.8. The van der Waals surface area contributed by atoms with Gasteiger partial charge in [0.05, 0.1) is 12.2 Å². The third-order valence-electron chi connectivity index (χ3n) is 6.38. The average Bonchev–Trinajstić information content (AvgIpc) is 2.71. The Morgan fingerprint density at radius 2 is 1.75 bits per heavy atom. The lowest BCUT2D eigenvalue weighted by molar-refractivity contribution is -0.132. The molecule has 0 unspecified atom stereocenters. The second-order valence-corrected chi connectivity index (χ2v) is 14.8. The van der Waals surface area contributed by atoms with Crippen LogP contribution in [0.1, 0.15) is 59.6 Å². The molecule has 0 amide bonds. The lowest BCUT2D eigenvalue weighted by atomic mass is 9.96. The second kappa shape index (κ2) is 12.3. The summed E-state index contributed by atoms with van der Waals surface area (Å²) >= 11 is 0. The summed E-state index contributed by atoms with van der Waals surface area (Å²) in [6.07, 6.45) is 8.35. The van der Waals surface area contributed by atoms with Crippen LogP contribution in [0.25, 0.3) is 0 Å². The van der Waals surface area contributed by atoms with Gasteiger partial charge in [-0.3, -0.25) is 0 Å². The van der Waals surface area contributed by atoms with Crippen LogP contribution in [-0.4, -0.2) is 32.6 Å². The van der Waals surface area contributed by atoms with Crippen molar-refractivity contribution in [3.63, 3.8) is 0 Å². The third-order valence-corrected chi connectivity index (χ3v) is 10.8. The molecule has 0 aliphatic carbocycles. The third kappa shape index (κ3) is 8.53. The molecule has 1 N–H and O–H groups in total. The van der Waals surface area contributed by atoms with E-state index < -0.39 is 14.3 Å². The molecule has 0 aliphatic rings. The van der Waals surface area contributed by atoms with Gasteiger partial charge in [0.15, 0.2) is 8.32 Å². The molecule has 0 bridgehead atoms.